The van der Waals surface area contributed by atoms with E-state index in [1.165, 1.54) is 0 Å². The predicted octanol–water partition coefficient (Wildman–Crippen LogP) is 6.11. The van der Waals surface area contributed by atoms with Crippen molar-refractivity contribution in [2.24, 2.45) is 0 Å². The summed E-state index contributed by atoms with van der Waals surface area (Å²) in [5, 5.41) is 11.6. The van der Waals surface area contributed by atoms with Gasteiger partial charge in [-0.2, -0.15) is 0 Å². The van der Waals surface area contributed by atoms with Crippen molar-refractivity contribution in [1.82, 2.24) is 0 Å². The van der Waals surface area contributed by atoms with Crippen molar-refractivity contribution in [3.8, 4) is 0 Å². The first-order chi connectivity index (χ1) is 17.6. The Morgan fingerprint density at radius 3 is 1.89 bits per heavy atom. The van der Waals surface area contributed by atoms with E-state index in [4.69, 9.17) is 23.4 Å². The van der Waals surface area contributed by atoms with Gasteiger partial charge in [0.1, 0.15) is 31.2 Å². The third-order valence-electron chi connectivity index (χ3n) is 6.81. The molecule has 0 aliphatic heterocycles. The third kappa shape index (κ3) is 10.4. The molecule has 0 unspecified atom stereocenters. The summed E-state index contributed by atoms with van der Waals surface area (Å²) in [6, 6.07) is 19.9. The van der Waals surface area contributed by atoms with Crippen LogP contribution in [0.1, 0.15) is 38.8 Å². The summed E-state index contributed by atoms with van der Waals surface area (Å²) < 4.78 is 30.4. The number of aliphatic hydroxyl groups is 1. The molecule has 37 heavy (non-hydrogen) atoms. The van der Waals surface area contributed by atoms with Crippen LogP contribution in [0, 0.1) is 0 Å². The van der Waals surface area contributed by atoms with Gasteiger partial charge >= 0.3 is 0 Å². The van der Waals surface area contributed by atoms with Crippen molar-refractivity contribution in [1.29, 1.82) is 0 Å². The van der Waals surface area contributed by atoms with Crippen molar-refractivity contribution in [3.63, 3.8) is 0 Å². The number of rotatable bonds is 16. The maximum Gasteiger partial charge on any atom is 0.192 e. The first-order valence-corrected chi connectivity index (χ1v) is 15.9. The minimum absolute atomic E-state index is 0.0328. The molecule has 0 saturated heterocycles. The number of aliphatic hydroxyl groups excluding tert-OH is 1. The van der Waals surface area contributed by atoms with E-state index in [2.05, 4.69) is 33.9 Å². The fraction of sp³-hybridized carbons (Fsp3) is 0.533. The maximum atomic E-state index is 11.6. The van der Waals surface area contributed by atoms with E-state index in [9.17, 15) is 5.11 Å². The van der Waals surface area contributed by atoms with Crippen LogP contribution < -0.4 is 0 Å². The zero-order valence-electron chi connectivity index (χ0n) is 23.6. The van der Waals surface area contributed by atoms with E-state index in [0.717, 1.165) is 11.1 Å². The highest BCUT2D eigenvalue weighted by Crippen LogP contribution is 2.37. The second-order valence-electron chi connectivity index (χ2n) is 10.7. The van der Waals surface area contributed by atoms with E-state index in [0.29, 0.717) is 19.8 Å². The van der Waals surface area contributed by atoms with Crippen LogP contribution in [-0.2, 0) is 36.6 Å². The van der Waals surface area contributed by atoms with Crippen LogP contribution in [0.3, 0.4) is 0 Å². The molecule has 1 N–H and O–H groups in total. The summed E-state index contributed by atoms with van der Waals surface area (Å²) in [5.74, 6) is 0. The summed E-state index contributed by atoms with van der Waals surface area (Å²) in [6.45, 7) is 14.0. The Labute approximate surface area is 224 Å². The minimum atomic E-state index is -2.09. The van der Waals surface area contributed by atoms with Crippen LogP contribution >= 0.6 is 0 Å². The lowest BCUT2D eigenvalue weighted by molar-refractivity contribution is -0.178. The fourth-order valence-electron chi connectivity index (χ4n) is 3.51. The number of methoxy groups -OCH3 is 1. The molecule has 0 amide bonds. The zero-order chi connectivity index (χ0) is 27.3. The minimum Gasteiger partial charge on any atom is -0.414 e. The van der Waals surface area contributed by atoms with Gasteiger partial charge in [0.25, 0.3) is 0 Å². The quantitative estimate of drug-likeness (QED) is 0.161. The van der Waals surface area contributed by atoms with E-state index >= 15 is 0 Å². The van der Waals surface area contributed by atoms with Crippen LogP contribution in [0.5, 0.6) is 0 Å². The van der Waals surface area contributed by atoms with E-state index in [1.54, 1.807) is 7.11 Å². The molecule has 7 heteroatoms. The molecule has 0 heterocycles. The van der Waals surface area contributed by atoms with E-state index < -0.39 is 32.7 Å². The lowest BCUT2D eigenvalue weighted by atomic mass is 10.0. The highest BCUT2D eigenvalue weighted by molar-refractivity contribution is 6.74. The third-order valence-corrected chi connectivity index (χ3v) is 11.3. The van der Waals surface area contributed by atoms with Gasteiger partial charge in [-0.15, -0.1) is 0 Å². The standard InChI is InChI=1S/C30H46O6Si/c1-8-15-26(35-23-32-5)28(31)29(34-21-25-18-13-10-14-19-25)27(22-36-37(6,7)30(2,3)4)33-20-24-16-11-9-12-17-24/h8-19,26-29,31H,20-23H2,1-7H3/b15-8+/t26-,27+,28-,29+/m0/s1. The van der Waals surface area contributed by atoms with Gasteiger partial charge in [0.2, 0.25) is 0 Å². The van der Waals surface area contributed by atoms with Crippen LogP contribution in [0.15, 0.2) is 72.8 Å². The summed E-state index contributed by atoms with van der Waals surface area (Å²) in [5.41, 5.74) is 2.05. The smallest absolute Gasteiger partial charge is 0.192 e. The molecule has 2 aromatic rings. The number of hydrogen-bond donors (Lipinski definition) is 1. The Morgan fingerprint density at radius 1 is 0.865 bits per heavy atom. The van der Waals surface area contributed by atoms with Crippen LogP contribution in [0.25, 0.3) is 0 Å². The van der Waals surface area contributed by atoms with Crippen molar-refractivity contribution >= 4 is 8.32 Å². The molecular formula is C30H46O6Si. The van der Waals surface area contributed by atoms with Crippen LogP contribution in [0.4, 0.5) is 0 Å². The van der Waals surface area contributed by atoms with Gasteiger partial charge in [-0.25, -0.2) is 0 Å². The molecule has 0 bridgehead atoms. The second-order valence-corrected chi connectivity index (χ2v) is 15.5. The molecule has 0 aromatic heterocycles. The Hall–Kier alpha value is -1.84. The lowest BCUT2D eigenvalue weighted by Gasteiger charge is -2.39. The van der Waals surface area contributed by atoms with Crippen molar-refractivity contribution in [2.75, 3.05) is 20.5 Å². The largest absolute Gasteiger partial charge is 0.414 e. The van der Waals surface area contributed by atoms with Gasteiger partial charge in [0.15, 0.2) is 8.32 Å². The monoisotopic (exact) mass is 530 g/mol. The molecule has 2 aromatic carbocycles. The Balaban J connectivity index is 2.36. The molecule has 0 radical (unpaired) electrons. The maximum absolute atomic E-state index is 11.6. The van der Waals surface area contributed by atoms with Crippen molar-refractivity contribution in [3.05, 3.63) is 83.9 Å². The van der Waals surface area contributed by atoms with Crippen molar-refractivity contribution in [2.45, 2.75) is 83.5 Å². The van der Waals surface area contributed by atoms with Gasteiger partial charge in [0, 0.05) is 7.11 Å². The molecule has 0 fully saturated rings. The highest BCUT2D eigenvalue weighted by Gasteiger charge is 2.41. The number of hydrogen-bond acceptors (Lipinski definition) is 6. The van der Waals surface area contributed by atoms with Gasteiger partial charge in [-0.05, 0) is 36.2 Å². The Kier molecular flexibility index (Phi) is 13.2. The van der Waals surface area contributed by atoms with E-state index in [-0.39, 0.29) is 11.8 Å². The molecule has 206 valence electrons. The van der Waals surface area contributed by atoms with Crippen LogP contribution in [-0.4, -0.2) is 58.3 Å². The second kappa shape index (κ2) is 15.5. The van der Waals surface area contributed by atoms with Gasteiger partial charge < -0.3 is 28.5 Å². The first kappa shape index (κ1) is 31.4. The number of ether oxygens (including phenoxy) is 4. The topological polar surface area (TPSA) is 66.4 Å². The van der Waals surface area contributed by atoms with Gasteiger partial charge in [0.05, 0.1) is 19.8 Å². The van der Waals surface area contributed by atoms with Gasteiger partial charge in [-0.1, -0.05) is 93.6 Å². The lowest BCUT2D eigenvalue weighted by Crippen LogP contribution is -2.51. The summed E-state index contributed by atoms with van der Waals surface area (Å²) in [6.07, 6.45) is 0.758. The molecular weight excluding hydrogens is 484 g/mol. The van der Waals surface area contributed by atoms with E-state index in [1.807, 2.05) is 79.7 Å². The summed E-state index contributed by atoms with van der Waals surface area (Å²) >= 11 is 0. The number of allylic oxidation sites excluding steroid dienone is 1. The Morgan fingerprint density at radius 2 is 1.41 bits per heavy atom. The highest BCUT2D eigenvalue weighted by atomic mass is 28.4. The summed E-state index contributed by atoms with van der Waals surface area (Å²) in [7, 11) is -0.532. The van der Waals surface area contributed by atoms with Crippen molar-refractivity contribution < 1.29 is 28.5 Å². The normalized spacial score (nSPS) is 16.0. The predicted molar refractivity (Wildman–Crippen MR) is 151 cm³/mol. The van der Waals surface area contributed by atoms with Crippen LogP contribution in [0.2, 0.25) is 18.1 Å². The molecule has 0 spiro atoms. The molecule has 6 nitrogen and oxygen atoms in total. The summed E-state index contributed by atoms with van der Waals surface area (Å²) in [4.78, 5) is 0. The zero-order valence-corrected chi connectivity index (χ0v) is 24.6. The van der Waals surface area contributed by atoms with Gasteiger partial charge in [-0.3, -0.25) is 0 Å². The molecule has 0 aliphatic carbocycles. The average Bonchev–Trinajstić information content (AvgIpc) is 2.88. The SMILES string of the molecule is C/C=C/[C@H](OCOC)[C@H](O)[C@H](OCc1ccccc1)[C@@H](CO[Si](C)(C)C(C)(C)C)OCc1ccccc1. The average molecular weight is 531 g/mol. The number of benzene rings is 2. The first-order valence-electron chi connectivity index (χ1n) is 13.0. The molecule has 4 atom stereocenters. The molecule has 0 saturated carbocycles. The fourth-order valence-corrected chi connectivity index (χ4v) is 4.52. The Bertz CT molecular complexity index is 897. The molecule has 2 rings (SSSR count). The molecule has 0 aliphatic rings.